The van der Waals surface area contributed by atoms with Gasteiger partial charge in [-0.25, -0.2) is 4.79 Å². The van der Waals surface area contributed by atoms with Crippen LogP contribution in [0, 0.1) is 6.92 Å². The summed E-state index contributed by atoms with van der Waals surface area (Å²) in [6.07, 6.45) is 0. The van der Waals surface area contributed by atoms with Crippen LogP contribution in [0.1, 0.15) is 24.1 Å². The highest BCUT2D eigenvalue weighted by molar-refractivity contribution is 5.89. The van der Waals surface area contributed by atoms with Crippen LogP contribution in [0.3, 0.4) is 0 Å². The Labute approximate surface area is 136 Å². The SMILES string of the molecule is COc1cccc(C(C)NC(=O)Nc2cccc(C)c2)c1OC. The smallest absolute Gasteiger partial charge is 0.319 e. The molecular formula is C18H22N2O3. The lowest BCUT2D eigenvalue weighted by atomic mass is 10.1. The molecule has 0 radical (unpaired) electrons. The molecule has 0 saturated carbocycles. The van der Waals surface area contributed by atoms with Gasteiger partial charge in [0, 0.05) is 11.3 Å². The van der Waals surface area contributed by atoms with Crippen LogP contribution in [-0.4, -0.2) is 20.3 Å². The lowest BCUT2D eigenvalue weighted by molar-refractivity contribution is 0.249. The molecular weight excluding hydrogens is 292 g/mol. The largest absolute Gasteiger partial charge is 0.493 e. The van der Waals surface area contributed by atoms with E-state index in [1.54, 1.807) is 14.2 Å². The molecule has 0 aliphatic heterocycles. The maximum atomic E-state index is 12.2. The number of hydrogen-bond donors (Lipinski definition) is 2. The van der Waals surface area contributed by atoms with E-state index in [4.69, 9.17) is 9.47 Å². The van der Waals surface area contributed by atoms with Gasteiger partial charge in [-0.1, -0.05) is 24.3 Å². The number of urea groups is 1. The summed E-state index contributed by atoms with van der Waals surface area (Å²) in [6.45, 7) is 3.87. The van der Waals surface area contributed by atoms with Gasteiger partial charge in [0.2, 0.25) is 0 Å². The Morgan fingerprint density at radius 1 is 1.09 bits per heavy atom. The third-order valence-electron chi connectivity index (χ3n) is 3.52. The molecule has 0 saturated heterocycles. The van der Waals surface area contributed by atoms with E-state index in [9.17, 15) is 4.79 Å². The van der Waals surface area contributed by atoms with Crippen molar-refractivity contribution in [3.05, 3.63) is 53.6 Å². The Balaban J connectivity index is 2.09. The van der Waals surface area contributed by atoms with E-state index in [1.807, 2.05) is 56.3 Å². The molecule has 5 nitrogen and oxygen atoms in total. The summed E-state index contributed by atoms with van der Waals surface area (Å²) >= 11 is 0. The van der Waals surface area contributed by atoms with Crippen molar-refractivity contribution in [1.82, 2.24) is 5.32 Å². The van der Waals surface area contributed by atoms with Gasteiger partial charge in [-0.05, 0) is 37.6 Å². The lowest BCUT2D eigenvalue weighted by Gasteiger charge is -2.19. The lowest BCUT2D eigenvalue weighted by Crippen LogP contribution is -2.31. The highest BCUT2D eigenvalue weighted by Gasteiger charge is 2.17. The minimum Gasteiger partial charge on any atom is -0.493 e. The summed E-state index contributed by atoms with van der Waals surface area (Å²) in [5.74, 6) is 1.26. The molecule has 0 spiro atoms. The standard InChI is InChI=1S/C18H22N2O3/c1-12-7-5-8-14(11-12)20-18(21)19-13(2)15-9-6-10-16(22-3)17(15)23-4/h5-11,13H,1-4H3,(H2,19,20,21). The zero-order valence-electron chi connectivity index (χ0n) is 13.8. The van der Waals surface area contributed by atoms with E-state index in [2.05, 4.69) is 10.6 Å². The number of ether oxygens (including phenoxy) is 2. The topological polar surface area (TPSA) is 59.6 Å². The van der Waals surface area contributed by atoms with Crippen LogP contribution in [0.15, 0.2) is 42.5 Å². The Bertz CT molecular complexity index is 686. The number of aryl methyl sites for hydroxylation is 1. The van der Waals surface area contributed by atoms with Crippen LogP contribution in [0.25, 0.3) is 0 Å². The Morgan fingerprint density at radius 2 is 1.83 bits per heavy atom. The van der Waals surface area contributed by atoms with Gasteiger partial charge in [-0.3, -0.25) is 0 Å². The van der Waals surface area contributed by atoms with E-state index >= 15 is 0 Å². The van der Waals surface area contributed by atoms with Crippen molar-refractivity contribution >= 4 is 11.7 Å². The number of benzene rings is 2. The summed E-state index contributed by atoms with van der Waals surface area (Å²) < 4.78 is 10.7. The first kappa shape index (κ1) is 16.7. The number of methoxy groups -OCH3 is 2. The molecule has 0 bridgehead atoms. The Kier molecular flexibility index (Phi) is 5.46. The van der Waals surface area contributed by atoms with Gasteiger partial charge >= 0.3 is 6.03 Å². The molecule has 2 amide bonds. The summed E-state index contributed by atoms with van der Waals surface area (Å²) in [5.41, 5.74) is 2.70. The van der Waals surface area contributed by atoms with Gasteiger partial charge in [-0.15, -0.1) is 0 Å². The number of para-hydroxylation sites is 1. The molecule has 122 valence electrons. The van der Waals surface area contributed by atoms with Crippen LogP contribution in [0.4, 0.5) is 10.5 Å². The molecule has 2 aromatic carbocycles. The minimum absolute atomic E-state index is 0.232. The monoisotopic (exact) mass is 314 g/mol. The Morgan fingerprint density at radius 3 is 2.48 bits per heavy atom. The quantitative estimate of drug-likeness (QED) is 0.880. The number of hydrogen-bond acceptors (Lipinski definition) is 3. The second-order valence-electron chi connectivity index (χ2n) is 5.27. The summed E-state index contributed by atoms with van der Waals surface area (Å²) in [7, 11) is 3.17. The van der Waals surface area contributed by atoms with Crippen LogP contribution >= 0.6 is 0 Å². The third-order valence-corrected chi connectivity index (χ3v) is 3.52. The first-order chi connectivity index (χ1) is 11.0. The van der Waals surface area contributed by atoms with E-state index < -0.39 is 0 Å². The number of rotatable bonds is 5. The van der Waals surface area contributed by atoms with Crippen molar-refractivity contribution in [2.75, 3.05) is 19.5 Å². The minimum atomic E-state index is -0.270. The fourth-order valence-corrected chi connectivity index (χ4v) is 2.42. The fraction of sp³-hybridized carbons (Fsp3) is 0.278. The van der Waals surface area contributed by atoms with Crippen LogP contribution in [-0.2, 0) is 0 Å². The highest BCUT2D eigenvalue weighted by atomic mass is 16.5. The predicted molar refractivity (Wildman–Crippen MR) is 91.3 cm³/mol. The molecule has 1 unspecified atom stereocenters. The number of amides is 2. The molecule has 2 N–H and O–H groups in total. The number of carbonyl (C=O) groups excluding carboxylic acids is 1. The van der Waals surface area contributed by atoms with Crippen molar-refractivity contribution in [1.29, 1.82) is 0 Å². The first-order valence-electron chi connectivity index (χ1n) is 7.40. The average Bonchev–Trinajstić information content (AvgIpc) is 2.53. The molecule has 5 heteroatoms. The van der Waals surface area contributed by atoms with Gasteiger partial charge < -0.3 is 20.1 Å². The van der Waals surface area contributed by atoms with Crippen molar-refractivity contribution in [2.24, 2.45) is 0 Å². The van der Waals surface area contributed by atoms with Gasteiger partial charge in [0.1, 0.15) is 0 Å². The summed E-state index contributed by atoms with van der Waals surface area (Å²) in [4.78, 5) is 12.2. The molecule has 0 aromatic heterocycles. The molecule has 0 heterocycles. The second kappa shape index (κ2) is 7.54. The molecule has 1 atom stereocenters. The first-order valence-corrected chi connectivity index (χ1v) is 7.40. The maximum Gasteiger partial charge on any atom is 0.319 e. The molecule has 23 heavy (non-hydrogen) atoms. The summed E-state index contributed by atoms with van der Waals surface area (Å²) in [5, 5.41) is 5.73. The van der Waals surface area contributed by atoms with Crippen LogP contribution in [0.2, 0.25) is 0 Å². The van der Waals surface area contributed by atoms with E-state index in [1.165, 1.54) is 0 Å². The van der Waals surface area contributed by atoms with Gasteiger partial charge in [0.05, 0.1) is 20.3 Å². The zero-order valence-corrected chi connectivity index (χ0v) is 13.8. The molecule has 0 aliphatic rings. The third kappa shape index (κ3) is 4.16. The van der Waals surface area contributed by atoms with Crippen LogP contribution in [0.5, 0.6) is 11.5 Å². The second-order valence-corrected chi connectivity index (χ2v) is 5.27. The van der Waals surface area contributed by atoms with E-state index in [0.717, 1.165) is 16.8 Å². The van der Waals surface area contributed by atoms with Crippen molar-refractivity contribution in [3.63, 3.8) is 0 Å². The summed E-state index contributed by atoms with van der Waals surface area (Å²) in [6, 6.07) is 12.7. The predicted octanol–water partition coefficient (Wildman–Crippen LogP) is 3.89. The van der Waals surface area contributed by atoms with Crippen molar-refractivity contribution in [2.45, 2.75) is 19.9 Å². The normalized spacial score (nSPS) is 11.5. The molecule has 0 fully saturated rings. The molecule has 0 aliphatic carbocycles. The van der Waals surface area contributed by atoms with Crippen molar-refractivity contribution < 1.29 is 14.3 Å². The zero-order chi connectivity index (χ0) is 16.8. The van der Waals surface area contributed by atoms with Gasteiger partial charge in [0.15, 0.2) is 11.5 Å². The van der Waals surface area contributed by atoms with E-state index in [0.29, 0.717) is 11.5 Å². The number of anilines is 1. The number of nitrogens with one attached hydrogen (secondary N) is 2. The fourth-order valence-electron chi connectivity index (χ4n) is 2.42. The van der Waals surface area contributed by atoms with Gasteiger partial charge in [-0.2, -0.15) is 0 Å². The average molecular weight is 314 g/mol. The van der Waals surface area contributed by atoms with Crippen molar-refractivity contribution in [3.8, 4) is 11.5 Å². The number of carbonyl (C=O) groups is 1. The maximum absolute atomic E-state index is 12.2. The van der Waals surface area contributed by atoms with Gasteiger partial charge in [0.25, 0.3) is 0 Å². The van der Waals surface area contributed by atoms with Crippen LogP contribution < -0.4 is 20.1 Å². The molecule has 2 aromatic rings. The van der Waals surface area contributed by atoms with E-state index in [-0.39, 0.29) is 12.1 Å². The highest BCUT2D eigenvalue weighted by Crippen LogP contribution is 2.34. The Hall–Kier alpha value is -2.69. The molecule has 2 rings (SSSR count).